The van der Waals surface area contributed by atoms with Gasteiger partial charge in [-0.3, -0.25) is 9.59 Å². The lowest BCUT2D eigenvalue weighted by atomic mass is 10.1. The standard InChI is InChI=1S/C19H19FN2O2/c1-11-6-12(2)8-14(7-11)10-22-17-5-4-15(20)9-16(17)18(23)21-13(3)19(22)24/h4-9,13H,10H2,1-3H3,(H,21,23)/t13-/m1/s1. The van der Waals surface area contributed by atoms with Crippen molar-refractivity contribution in [3.8, 4) is 0 Å². The Morgan fingerprint density at radius 3 is 2.42 bits per heavy atom. The molecule has 24 heavy (non-hydrogen) atoms. The number of halogens is 1. The summed E-state index contributed by atoms with van der Waals surface area (Å²) < 4.78 is 13.6. The second-order valence-electron chi connectivity index (χ2n) is 6.28. The maximum Gasteiger partial charge on any atom is 0.254 e. The molecule has 2 aromatic carbocycles. The first-order valence-corrected chi connectivity index (χ1v) is 7.84. The van der Waals surface area contributed by atoms with Gasteiger partial charge in [-0.05, 0) is 44.5 Å². The normalized spacial score (nSPS) is 17.3. The van der Waals surface area contributed by atoms with Crippen molar-refractivity contribution < 1.29 is 14.0 Å². The van der Waals surface area contributed by atoms with Gasteiger partial charge >= 0.3 is 0 Å². The van der Waals surface area contributed by atoms with E-state index in [4.69, 9.17) is 0 Å². The number of hydrogen-bond donors (Lipinski definition) is 1. The lowest BCUT2D eigenvalue weighted by molar-refractivity contribution is -0.120. The Labute approximate surface area is 140 Å². The Balaban J connectivity index is 2.08. The van der Waals surface area contributed by atoms with E-state index in [-0.39, 0.29) is 11.5 Å². The van der Waals surface area contributed by atoms with Gasteiger partial charge in [0.15, 0.2) is 0 Å². The molecule has 1 aliphatic heterocycles. The molecule has 0 radical (unpaired) electrons. The van der Waals surface area contributed by atoms with Crippen molar-refractivity contribution >= 4 is 17.5 Å². The second-order valence-corrected chi connectivity index (χ2v) is 6.28. The molecule has 2 amide bonds. The van der Waals surface area contributed by atoms with E-state index < -0.39 is 17.8 Å². The average Bonchev–Trinajstić information content (AvgIpc) is 2.58. The van der Waals surface area contributed by atoms with E-state index in [9.17, 15) is 14.0 Å². The largest absolute Gasteiger partial charge is 0.340 e. The number of nitrogens with one attached hydrogen (secondary N) is 1. The van der Waals surface area contributed by atoms with E-state index in [1.807, 2.05) is 26.0 Å². The van der Waals surface area contributed by atoms with Gasteiger partial charge in [-0.25, -0.2) is 4.39 Å². The van der Waals surface area contributed by atoms with Gasteiger partial charge in [-0.15, -0.1) is 0 Å². The van der Waals surface area contributed by atoms with Crippen LogP contribution in [0.3, 0.4) is 0 Å². The van der Waals surface area contributed by atoms with Gasteiger partial charge in [0.2, 0.25) is 5.91 Å². The van der Waals surface area contributed by atoms with Crippen LogP contribution in [0.2, 0.25) is 0 Å². The number of benzene rings is 2. The maximum atomic E-state index is 13.6. The topological polar surface area (TPSA) is 49.4 Å². The van der Waals surface area contributed by atoms with Crippen LogP contribution in [0.25, 0.3) is 0 Å². The Hall–Kier alpha value is -2.69. The number of anilines is 1. The molecule has 1 N–H and O–H groups in total. The first-order chi connectivity index (χ1) is 11.3. The molecule has 0 aliphatic carbocycles. The van der Waals surface area contributed by atoms with Crippen LogP contribution in [-0.4, -0.2) is 17.9 Å². The molecule has 1 aliphatic rings. The molecule has 0 unspecified atom stereocenters. The Morgan fingerprint density at radius 2 is 1.75 bits per heavy atom. The Kier molecular flexibility index (Phi) is 4.09. The number of fused-ring (bicyclic) bond motifs is 1. The summed E-state index contributed by atoms with van der Waals surface area (Å²) in [6.45, 7) is 5.96. The molecule has 0 spiro atoms. The van der Waals surface area contributed by atoms with E-state index in [1.165, 1.54) is 18.2 Å². The molecule has 124 valence electrons. The molecule has 0 saturated carbocycles. The minimum absolute atomic E-state index is 0.178. The summed E-state index contributed by atoms with van der Waals surface area (Å²) in [6, 6.07) is 9.34. The smallest absolute Gasteiger partial charge is 0.254 e. The number of amides is 2. The molecule has 5 heteroatoms. The molecule has 0 bridgehead atoms. The van der Waals surface area contributed by atoms with Gasteiger partial charge in [-0.1, -0.05) is 29.3 Å². The highest BCUT2D eigenvalue weighted by atomic mass is 19.1. The van der Waals surface area contributed by atoms with Crippen LogP contribution in [0, 0.1) is 19.7 Å². The molecule has 0 saturated heterocycles. The fourth-order valence-corrected chi connectivity index (χ4v) is 3.12. The van der Waals surface area contributed by atoms with Crippen LogP contribution < -0.4 is 10.2 Å². The Bertz CT molecular complexity index is 812. The lowest BCUT2D eigenvalue weighted by Crippen LogP contribution is -2.43. The minimum Gasteiger partial charge on any atom is -0.340 e. The molecule has 1 heterocycles. The van der Waals surface area contributed by atoms with Crippen LogP contribution in [0.5, 0.6) is 0 Å². The van der Waals surface area contributed by atoms with Crippen LogP contribution in [0.1, 0.15) is 34.0 Å². The first kappa shape index (κ1) is 16.2. The second kappa shape index (κ2) is 6.07. The van der Waals surface area contributed by atoms with Crippen molar-refractivity contribution in [3.05, 3.63) is 64.5 Å². The van der Waals surface area contributed by atoms with Gasteiger partial charge in [0.25, 0.3) is 5.91 Å². The van der Waals surface area contributed by atoms with E-state index in [0.29, 0.717) is 12.2 Å². The molecule has 4 nitrogen and oxygen atoms in total. The van der Waals surface area contributed by atoms with Crippen molar-refractivity contribution in [2.45, 2.75) is 33.4 Å². The minimum atomic E-state index is -0.668. The number of carbonyl (C=O) groups excluding carboxylic acids is 2. The summed E-state index contributed by atoms with van der Waals surface area (Å²) >= 11 is 0. The zero-order valence-electron chi connectivity index (χ0n) is 13.9. The number of aryl methyl sites for hydroxylation is 2. The number of rotatable bonds is 2. The van der Waals surface area contributed by atoms with E-state index in [0.717, 1.165) is 16.7 Å². The summed E-state index contributed by atoms with van der Waals surface area (Å²) in [4.78, 5) is 26.5. The van der Waals surface area contributed by atoms with Crippen molar-refractivity contribution in [2.24, 2.45) is 0 Å². The number of hydrogen-bond acceptors (Lipinski definition) is 2. The highest BCUT2D eigenvalue weighted by Crippen LogP contribution is 2.27. The molecule has 3 rings (SSSR count). The summed E-state index contributed by atoms with van der Waals surface area (Å²) in [5.41, 5.74) is 3.79. The van der Waals surface area contributed by atoms with E-state index in [1.54, 1.807) is 11.8 Å². The Morgan fingerprint density at radius 1 is 1.08 bits per heavy atom. The van der Waals surface area contributed by atoms with Gasteiger partial charge in [-0.2, -0.15) is 0 Å². The monoisotopic (exact) mass is 326 g/mol. The third-order valence-corrected chi connectivity index (χ3v) is 4.10. The molecule has 0 aromatic heterocycles. The molecule has 1 atom stereocenters. The summed E-state index contributed by atoms with van der Waals surface area (Å²) in [7, 11) is 0. The summed E-state index contributed by atoms with van der Waals surface area (Å²) in [5.74, 6) is -1.15. The van der Waals surface area contributed by atoms with Gasteiger partial charge in [0.1, 0.15) is 11.9 Å². The van der Waals surface area contributed by atoms with Gasteiger partial charge < -0.3 is 10.2 Å². The SMILES string of the molecule is Cc1cc(C)cc(CN2C(=O)[C@@H](C)NC(=O)c3cc(F)ccc32)c1. The fourth-order valence-electron chi connectivity index (χ4n) is 3.12. The highest BCUT2D eigenvalue weighted by molar-refractivity contribution is 6.10. The van der Waals surface area contributed by atoms with Crippen LogP contribution in [0.4, 0.5) is 10.1 Å². The third-order valence-electron chi connectivity index (χ3n) is 4.10. The maximum absolute atomic E-state index is 13.6. The summed E-state index contributed by atoms with van der Waals surface area (Å²) in [5, 5.41) is 2.62. The van der Waals surface area contributed by atoms with Gasteiger partial charge in [0, 0.05) is 0 Å². The highest BCUT2D eigenvalue weighted by Gasteiger charge is 2.31. The van der Waals surface area contributed by atoms with Crippen LogP contribution in [-0.2, 0) is 11.3 Å². The van der Waals surface area contributed by atoms with Crippen LogP contribution in [0.15, 0.2) is 36.4 Å². The van der Waals surface area contributed by atoms with Crippen molar-refractivity contribution in [1.82, 2.24) is 5.32 Å². The number of carbonyl (C=O) groups is 2. The first-order valence-electron chi connectivity index (χ1n) is 7.84. The van der Waals surface area contributed by atoms with Gasteiger partial charge in [0.05, 0.1) is 17.8 Å². The van der Waals surface area contributed by atoms with E-state index in [2.05, 4.69) is 11.4 Å². The quantitative estimate of drug-likeness (QED) is 0.922. The molecular formula is C19H19FN2O2. The van der Waals surface area contributed by atoms with Crippen molar-refractivity contribution in [2.75, 3.05) is 4.90 Å². The lowest BCUT2D eigenvalue weighted by Gasteiger charge is -2.24. The molecule has 2 aromatic rings. The average molecular weight is 326 g/mol. The summed E-state index contributed by atoms with van der Waals surface area (Å²) in [6.07, 6.45) is 0. The van der Waals surface area contributed by atoms with Crippen LogP contribution >= 0.6 is 0 Å². The molecular weight excluding hydrogens is 307 g/mol. The fraction of sp³-hybridized carbons (Fsp3) is 0.263. The zero-order valence-corrected chi connectivity index (χ0v) is 13.9. The third kappa shape index (κ3) is 3.02. The predicted octanol–water partition coefficient (Wildman–Crippen LogP) is 3.11. The molecule has 0 fully saturated rings. The zero-order chi connectivity index (χ0) is 17.4. The predicted molar refractivity (Wildman–Crippen MR) is 90.4 cm³/mol. The van der Waals surface area contributed by atoms with E-state index >= 15 is 0 Å². The number of nitrogens with zero attached hydrogens (tertiary/aromatic N) is 1. The van der Waals surface area contributed by atoms with Crippen molar-refractivity contribution in [1.29, 1.82) is 0 Å². The van der Waals surface area contributed by atoms with Crippen molar-refractivity contribution in [3.63, 3.8) is 0 Å².